The summed E-state index contributed by atoms with van der Waals surface area (Å²) in [5.41, 5.74) is 0. The van der Waals surface area contributed by atoms with Crippen LogP contribution in [-0.2, 0) is 4.79 Å². The summed E-state index contributed by atoms with van der Waals surface area (Å²) in [5, 5.41) is 12.9. The first-order valence-electron chi connectivity index (χ1n) is 5.63. The van der Waals surface area contributed by atoms with Crippen molar-refractivity contribution in [2.75, 3.05) is 6.54 Å². The van der Waals surface area contributed by atoms with E-state index in [1.807, 2.05) is 11.8 Å². The molecule has 0 aromatic rings. The fourth-order valence-electron chi connectivity index (χ4n) is 2.08. The van der Waals surface area contributed by atoms with E-state index >= 15 is 0 Å². The van der Waals surface area contributed by atoms with Crippen LogP contribution in [-0.4, -0.2) is 34.2 Å². The van der Waals surface area contributed by atoms with Gasteiger partial charge in [0, 0.05) is 17.0 Å². The number of carbonyl (C=O) groups is 1. The standard InChI is InChI=1S/C12H17NO2S/c1-8-4-2-3-5-11(8)16-9-6-10(12(14)15)13-7-9/h2-5,8-11,13H,6-7H2,1H3,(H,14,15)/t8?,9-,10?,11?/m0/s1. The Morgan fingerprint density at radius 2 is 2.19 bits per heavy atom. The zero-order valence-electron chi connectivity index (χ0n) is 9.30. The van der Waals surface area contributed by atoms with Gasteiger partial charge in [-0.1, -0.05) is 31.2 Å². The highest BCUT2D eigenvalue weighted by Crippen LogP contribution is 2.32. The molecule has 1 heterocycles. The number of carboxylic acids is 1. The smallest absolute Gasteiger partial charge is 0.320 e. The Balaban J connectivity index is 1.85. The summed E-state index contributed by atoms with van der Waals surface area (Å²) in [6.45, 7) is 3.01. The predicted octanol–water partition coefficient (Wildman–Crippen LogP) is 1.67. The first-order valence-corrected chi connectivity index (χ1v) is 6.57. The molecule has 4 atom stereocenters. The lowest BCUT2D eigenvalue weighted by Gasteiger charge is -2.22. The summed E-state index contributed by atoms with van der Waals surface area (Å²) in [4.78, 5) is 10.8. The van der Waals surface area contributed by atoms with Gasteiger partial charge in [0.25, 0.3) is 0 Å². The van der Waals surface area contributed by atoms with Gasteiger partial charge < -0.3 is 10.4 Å². The maximum absolute atomic E-state index is 10.8. The van der Waals surface area contributed by atoms with Crippen molar-refractivity contribution in [1.29, 1.82) is 0 Å². The maximum Gasteiger partial charge on any atom is 0.320 e. The van der Waals surface area contributed by atoms with Gasteiger partial charge in [0.2, 0.25) is 0 Å². The molecule has 1 aliphatic carbocycles. The Kier molecular flexibility index (Phi) is 3.71. The van der Waals surface area contributed by atoms with E-state index in [0.717, 1.165) is 13.0 Å². The third kappa shape index (κ3) is 2.68. The molecule has 0 aromatic heterocycles. The first-order chi connectivity index (χ1) is 7.66. The molecule has 1 aliphatic heterocycles. The molecule has 2 rings (SSSR count). The van der Waals surface area contributed by atoms with Gasteiger partial charge in [-0.05, 0) is 12.3 Å². The predicted molar refractivity (Wildman–Crippen MR) is 66.7 cm³/mol. The topological polar surface area (TPSA) is 49.3 Å². The second-order valence-corrected chi connectivity index (χ2v) is 5.87. The number of thioether (sulfide) groups is 1. The lowest BCUT2D eigenvalue weighted by atomic mass is 10.0. The van der Waals surface area contributed by atoms with Crippen LogP contribution in [0.4, 0.5) is 0 Å². The highest BCUT2D eigenvalue weighted by atomic mass is 32.2. The van der Waals surface area contributed by atoms with Crippen LogP contribution in [0.5, 0.6) is 0 Å². The van der Waals surface area contributed by atoms with Gasteiger partial charge in [-0.3, -0.25) is 4.79 Å². The van der Waals surface area contributed by atoms with Gasteiger partial charge in [-0.2, -0.15) is 0 Å². The van der Waals surface area contributed by atoms with Gasteiger partial charge in [-0.15, -0.1) is 11.8 Å². The van der Waals surface area contributed by atoms with E-state index in [9.17, 15) is 4.79 Å². The molecular weight excluding hydrogens is 222 g/mol. The number of hydrogen-bond donors (Lipinski definition) is 2. The van der Waals surface area contributed by atoms with E-state index in [1.54, 1.807) is 0 Å². The van der Waals surface area contributed by atoms with Crippen LogP contribution >= 0.6 is 11.8 Å². The summed E-state index contributed by atoms with van der Waals surface area (Å²) < 4.78 is 0. The van der Waals surface area contributed by atoms with Gasteiger partial charge >= 0.3 is 5.97 Å². The fraction of sp³-hybridized carbons (Fsp3) is 0.583. The second-order valence-electron chi connectivity index (χ2n) is 4.39. The minimum atomic E-state index is -0.727. The first kappa shape index (κ1) is 11.7. The Morgan fingerprint density at radius 3 is 2.81 bits per heavy atom. The Bertz CT molecular complexity index is 327. The molecule has 1 saturated heterocycles. The Morgan fingerprint density at radius 1 is 1.44 bits per heavy atom. The molecular formula is C12H17NO2S. The number of hydrogen-bond acceptors (Lipinski definition) is 3. The number of carboxylic acid groups (broad SMARTS) is 1. The van der Waals surface area contributed by atoms with E-state index in [1.165, 1.54) is 0 Å². The molecule has 4 heteroatoms. The van der Waals surface area contributed by atoms with Crippen molar-refractivity contribution in [2.45, 2.75) is 29.9 Å². The highest BCUT2D eigenvalue weighted by Gasteiger charge is 2.31. The van der Waals surface area contributed by atoms with Crippen LogP contribution in [0.1, 0.15) is 13.3 Å². The minimum absolute atomic E-state index is 0.351. The van der Waals surface area contributed by atoms with Crippen molar-refractivity contribution in [2.24, 2.45) is 5.92 Å². The summed E-state index contributed by atoms with van der Waals surface area (Å²) in [7, 11) is 0. The summed E-state index contributed by atoms with van der Waals surface area (Å²) in [6.07, 6.45) is 9.31. The lowest BCUT2D eigenvalue weighted by Crippen LogP contribution is -2.29. The Labute approximate surface area is 100.0 Å². The van der Waals surface area contributed by atoms with E-state index in [2.05, 4.69) is 36.5 Å². The molecule has 88 valence electrons. The summed E-state index contributed by atoms with van der Waals surface area (Å²) in [6, 6.07) is -0.351. The number of rotatable bonds is 3. The van der Waals surface area contributed by atoms with E-state index in [4.69, 9.17) is 5.11 Å². The van der Waals surface area contributed by atoms with Crippen LogP contribution in [0.2, 0.25) is 0 Å². The zero-order valence-corrected chi connectivity index (χ0v) is 10.1. The zero-order chi connectivity index (χ0) is 11.5. The fourth-order valence-corrected chi connectivity index (χ4v) is 3.54. The third-order valence-corrected chi connectivity index (χ3v) is 4.73. The van der Waals surface area contributed by atoms with Crippen LogP contribution in [0.3, 0.4) is 0 Å². The summed E-state index contributed by atoms with van der Waals surface area (Å²) >= 11 is 1.89. The molecule has 0 saturated carbocycles. The van der Waals surface area contributed by atoms with Crippen molar-refractivity contribution in [3.8, 4) is 0 Å². The summed E-state index contributed by atoms with van der Waals surface area (Å²) in [5.74, 6) is -0.186. The molecule has 2 aliphatic rings. The third-order valence-electron chi connectivity index (χ3n) is 3.08. The SMILES string of the molecule is CC1C=CC=CC1S[C@@H]1CNC(C(=O)O)C1. The molecule has 3 unspecified atom stereocenters. The van der Waals surface area contributed by atoms with Crippen LogP contribution in [0.25, 0.3) is 0 Å². The maximum atomic E-state index is 10.8. The molecule has 1 fully saturated rings. The van der Waals surface area contributed by atoms with Gasteiger partial charge in [0.15, 0.2) is 0 Å². The molecule has 3 nitrogen and oxygen atoms in total. The molecule has 2 N–H and O–H groups in total. The van der Waals surface area contributed by atoms with Crippen molar-refractivity contribution in [1.82, 2.24) is 5.32 Å². The van der Waals surface area contributed by atoms with Gasteiger partial charge in [0.1, 0.15) is 6.04 Å². The van der Waals surface area contributed by atoms with E-state index in [-0.39, 0.29) is 6.04 Å². The quantitative estimate of drug-likeness (QED) is 0.786. The van der Waals surface area contributed by atoms with Crippen molar-refractivity contribution >= 4 is 17.7 Å². The molecule has 0 radical (unpaired) electrons. The van der Waals surface area contributed by atoms with Gasteiger partial charge in [-0.25, -0.2) is 0 Å². The average molecular weight is 239 g/mol. The highest BCUT2D eigenvalue weighted by molar-refractivity contribution is 8.00. The molecule has 0 aromatic carbocycles. The van der Waals surface area contributed by atoms with Crippen LogP contribution in [0.15, 0.2) is 24.3 Å². The van der Waals surface area contributed by atoms with E-state index in [0.29, 0.717) is 16.4 Å². The Hall–Kier alpha value is -0.740. The monoisotopic (exact) mass is 239 g/mol. The second kappa shape index (κ2) is 5.06. The molecule has 16 heavy (non-hydrogen) atoms. The molecule has 0 bridgehead atoms. The van der Waals surface area contributed by atoms with Crippen molar-refractivity contribution in [3.63, 3.8) is 0 Å². The van der Waals surface area contributed by atoms with Crippen molar-refractivity contribution in [3.05, 3.63) is 24.3 Å². The lowest BCUT2D eigenvalue weighted by molar-refractivity contribution is -0.139. The largest absolute Gasteiger partial charge is 0.480 e. The number of allylic oxidation sites excluding steroid dienone is 3. The average Bonchev–Trinajstić information content (AvgIpc) is 2.70. The van der Waals surface area contributed by atoms with Crippen LogP contribution in [0, 0.1) is 5.92 Å². The molecule has 0 spiro atoms. The number of aliphatic carboxylic acids is 1. The minimum Gasteiger partial charge on any atom is -0.480 e. The van der Waals surface area contributed by atoms with Crippen LogP contribution < -0.4 is 5.32 Å². The van der Waals surface area contributed by atoms with Crippen molar-refractivity contribution < 1.29 is 9.90 Å². The molecule has 0 amide bonds. The van der Waals surface area contributed by atoms with Gasteiger partial charge in [0.05, 0.1) is 0 Å². The normalized spacial score (nSPS) is 37.8. The van der Waals surface area contributed by atoms with E-state index < -0.39 is 5.97 Å². The number of nitrogens with one attached hydrogen (secondary N) is 1.